The molecule has 3 atom stereocenters. The van der Waals surface area contributed by atoms with Crippen LogP contribution in [0.5, 0.6) is 0 Å². The second kappa shape index (κ2) is 2.59. The molecule has 0 bridgehead atoms. The standard InChI is InChI=1S/C12H13NO/c1-7-8-4-2-3-5-9(8)12-10(7)6-11(14)13-12/h2-5,7,10,12H,6H2,1H3,(H,13,14)/t7-,10+,12-/m1/s1. The molecule has 2 heteroatoms. The highest BCUT2D eigenvalue weighted by molar-refractivity contribution is 5.80. The lowest BCUT2D eigenvalue weighted by Gasteiger charge is -2.11. The lowest BCUT2D eigenvalue weighted by molar-refractivity contribution is -0.119. The Morgan fingerprint density at radius 2 is 2.00 bits per heavy atom. The molecule has 2 aliphatic rings. The van der Waals surface area contributed by atoms with E-state index < -0.39 is 0 Å². The largest absolute Gasteiger partial charge is 0.349 e. The van der Waals surface area contributed by atoms with Crippen LogP contribution in [0, 0.1) is 5.92 Å². The number of fused-ring (bicyclic) bond motifs is 3. The number of nitrogens with one attached hydrogen (secondary N) is 1. The molecule has 14 heavy (non-hydrogen) atoms. The number of carbonyl (C=O) groups excluding carboxylic acids is 1. The molecule has 0 aromatic heterocycles. The highest BCUT2D eigenvalue weighted by Crippen LogP contribution is 2.48. The summed E-state index contributed by atoms with van der Waals surface area (Å²) < 4.78 is 0. The first kappa shape index (κ1) is 8.04. The van der Waals surface area contributed by atoms with Crippen LogP contribution in [0.25, 0.3) is 0 Å². The van der Waals surface area contributed by atoms with Gasteiger partial charge in [-0.25, -0.2) is 0 Å². The van der Waals surface area contributed by atoms with E-state index in [1.54, 1.807) is 0 Å². The summed E-state index contributed by atoms with van der Waals surface area (Å²) in [5, 5.41) is 3.06. The predicted octanol–water partition coefficient (Wildman–Crippen LogP) is 1.98. The van der Waals surface area contributed by atoms with Gasteiger partial charge in [0, 0.05) is 6.42 Å². The molecule has 3 rings (SSSR count). The van der Waals surface area contributed by atoms with Crippen molar-refractivity contribution in [3.63, 3.8) is 0 Å². The van der Waals surface area contributed by atoms with Gasteiger partial charge in [0.05, 0.1) is 6.04 Å². The van der Waals surface area contributed by atoms with Crippen molar-refractivity contribution in [2.75, 3.05) is 0 Å². The van der Waals surface area contributed by atoms with Gasteiger partial charge in [0.1, 0.15) is 0 Å². The van der Waals surface area contributed by atoms with E-state index in [2.05, 4.69) is 36.5 Å². The Morgan fingerprint density at radius 3 is 2.79 bits per heavy atom. The average molecular weight is 187 g/mol. The maximum Gasteiger partial charge on any atom is 0.220 e. The first-order chi connectivity index (χ1) is 6.77. The topological polar surface area (TPSA) is 29.1 Å². The third kappa shape index (κ3) is 0.884. The molecular formula is C12H13NO. The van der Waals surface area contributed by atoms with E-state index in [1.807, 2.05) is 0 Å². The average Bonchev–Trinajstić information content (AvgIpc) is 2.68. The molecule has 1 heterocycles. The fraction of sp³-hybridized carbons (Fsp3) is 0.417. The number of rotatable bonds is 0. The second-order valence-electron chi connectivity index (χ2n) is 4.33. The Labute approximate surface area is 83.3 Å². The maximum absolute atomic E-state index is 11.3. The number of hydrogen-bond acceptors (Lipinski definition) is 1. The van der Waals surface area contributed by atoms with E-state index in [4.69, 9.17) is 0 Å². The molecule has 72 valence electrons. The van der Waals surface area contributed by atoms with E-state index in [0.717, 1.165) is 0 Å². The summed E-state index contributed by atoms with van der Waals surface area (Å²) in [4.78, 5) is 11.3. The number of carbonyl (C=O) groups is 1. The normalized spacial score (nSPS) is 33.8. The third-order valence-corrected chi connectivity index (χ3v) is 3.63. The van der Waals surface area contributed by atoms with Crippen LogP contribution in [-0.2, 0) is 4.79 Å². The van der Waals surface area contributed by atoms with E-state index in [-0.39, 0.29) is 11.9 Å². The van der Waals surface area contributed by atoms with E-state index in [1.165, 1.54) is 11.1 Å². The minimum Gasteiger partial charge on any atom is -0.349 e. The van der Waals surface area contributed by atoms with Crippen molar-refractivity contribution in [2.24, 2.45) is 5.92 Å². The Hall–Kier alpha value is -1.31. The zero-order valence-corrected chi connectivity index (χ0v) is 8.16. The molecule has 1 aliphatic carbocycles. The van der Waals surface area contributed by atoms with Crippen LogP contribution in [0.4, 0.5) is 0 Å². The second-order valence-corrected chi connectivity index (χ2v) is 4.33. The van der Waals surface area contributed by atoms with Crippen LogP contribution >= 0.6 is 0 Å². The van der Waals surface area contributed by atoms with E-state index in [9.17, 15) is 4.79 Å². The smallest absolute Gasteiger partial charge is 0.220 e. The minimum absolute atomic E-state index is 0.210. The Morgan fingerprint density at radius 1 is 1.29 bits per heavy atom. The molecule has 1 aliphatic heterocycles. The minimum atomic E-state index is 0.210. The molecule has 1 amide bonds. The lowest BCUT2D eigenvalue weighted by Crippen LogP contribution is -2.18. The van der Waals surface area contributed by atoms with Crippen LogP contribution in [0.2, 0.25) is 0 Å². The SMILES string of the molecule is C[C@@H]1c2ccccc2[C@H]2NC(=O)C[C@@H]12. The van der Waals surface area contributed by atoms with Gasteiger partial charge in [0.15, 0.2) is 0 Å². The highest BCUT2D eigenvalue weighted by Gasteiger charge is 2.43. The fourth-order valence-corrected chi connectivity index (χ4v) is 2.88. The number of benzene rings is 1. The summed E-state index contributed by atoms with van der Waals surface area (Å²) in [5.41, 5.74) is 2.75. The van der Waals surface area contributed by atoms with Crippen molar-refractivity contribution in [2.45, 2.75) is 25.3 Å². The van der Waals surface area contributed by atoms with Crippen LogP contribution in [0.1, 0.15) is 36.4 Å². The van der Waals surface area contributed by atoms with Crippen molar-refractivity contribution in [1.82, 2.24) is 5.32 Å². The molecule has 1 aromatic rings. The van der Waals surface area contributed by atoms with Gasteiger partial charge in [0.2, 0.25) is 5.91 Å². The quantitative estimate of drug-likeness (QED) is 0.661. The van der Waals surface area contributed by atoms with Gasteiger partial charge in [-0.15, -0.1) is 0 Å². The molecule has 0 saturated carbocycles. The summed E-state index contributed by atoms with van der Waals surface area (Å²) >= 11 is 0. The summed E-state index contributed by atoms with van der Waals surface area (Å²) in [6.45, 7) is 2.23. The molecule has 2 nitrogen and oxygen atoms in total. The Bertz CT molecular complexity index is 399. The molecule has 1 fully saturated rings. The van der Waals surface area contributed by atoms with Crippen molar-refractivity contribution < 1.29 is 4.79 Å². The molecule has 0 unspecified atom stereocenters. The van der Waals surface area contributed by atoms with E-state index in [0.29, 0.717) is 18.3 Å². The van der Waals surface area contributed by atoms with Gasteiger partial charge >= 0.3 is 0 Å². The molecule has 1 saturated heterocycles. The monoisotopic (exact) mass is 187 g/mol. The molecule has 0 radical (unpaired) electrons. The van der Waals surface area contributed by atoms with Crippen molar-refractivity contribution >= 4 is 5.91 Å². The van der Waals surface area contributed by atoms with Crippen LogP contribution < -0.4 is 5.32 Å². The van der Waals surface area contributed by atoms with Gasteiger partial charge in [-0.2, -0.15) is 0 Å². The Balaban J connectivity index is 2.11. The van der Waals surface area contributed by atoms with Gasteiger partial charge < -0.3 is 5.32 Å². The maximum atomic E-state index is 11.3. The van der Waals surface area contributed by atoms with Crippen molar-refractivity contribution in [3.05, 3.63) is 35.4 Å². The van der Waals surface area contributed by atoms with Crippen LogP contribution in [-0.4, -0.2) is 5.91 Å². The molecule has 1 aromatic carbocycles. The summed E-state index contributed by atoms with van der Waals surface area (Å²) in [6.07, 6.45) is 0.695. The summed E-state index contributed by atoms with van der Waals surface area (Å²) in [5.74, 6) is 1.22. The first-order valence-corrected chi connectivity index (χ1v) is 5.15. The third-order valence-electron chi connectivity index (χ3n) is 3.63. The summed E-state index contributed by atoms with van der Waals surface area (Å²) in [6, 6.07) is 8.75. The van der Waals surface area contributed by atoms with Crippen molar-refractivity contribution in [3.8, 4) is 0 Å². The zero-order valence-electron chi connectivity index (χ0n) is 8.16. The Kier molecular flexibility index (Phi) is 1.49. The lowest BCUT2D eigenvalue weighted by atomic mass is 9.92. The summed E-state index contributed by atoms with van der Waals surface area (Å²) in [7, 11) is 0. The van der Waals surface area contributed by atoms with Crippen LogP contribution in [0.3, 0.4) is 0 Å². The van der Waals surface area contributed by atoms with Crippen molar-refractivity contribution in [1.29, 1.82) is 0 Å². The van der Waals surface area contributed by atoms with Crippen LogP contribution in [0.15, 0.2) is 24.3 Å². The van der Waals surface area contributed by atoms with Gasteiger partial charge in [0.25, 0.3) is 0 Å². The molecular weight excluding hydrogens is 174 g/mol. The molecule has 0 spiro atoms. The highest BCUT2D eigenvalue weighted by atomic mass is 16.2. The zero-order chi connectivity index (χ0) is 9.71. The number of amides is 1. The predicted molar refractivity (Wildman–Crippen MR) is 53.8 cm³/mol. The molecule has 1 N–H and O–H groups in total. The van der Waals surface area contributed by atoms with E-state index >= 15 is 0 Å². The first-order valence-electron chi connectivity index (χ1n) is 5.15. The van der Waals surface area contributed by atoms with Gasteiger partial charge in [-0.05, 0) is 23.0 Å². The fourth-order valence-electron chi connectivity index (χ4n) is 2.88. The van der Waals surface area contributed by atoms with Gasteiger partial charge in [-0.1, -0.05) is 31.2 Å². The number of hydrogen-bond donors (Lipinski definition) is 1. The van der Waals surface area contributed by atoms with Gasteiger partial charge in [-0.3, -0.25) is 4.79 Å².